The second-order valence-corrected chi connectivity index (χ2v) is 12.0. The summed E-state index contributed by atoms with van der Waals surface area (Å²) in [6, 6.07) is 51.6. The average Bonchev–Trinajstić information content (AvgIpc) is 3.72. The summed E-state index contributed by atoms with van der Waals surface area (Å²) < 4.78 is 13.1. The summed E-state index contributed by atoms with van der Waals surface area (Å²) in [7, 11) is 0. The molecule has 3 aromatic heterocycles. The van der Waals surface area contributed by atoms with Gasteiger partial charge in [-0.25, -0.2) is 15.0 Å². The van der Waals surface area contributed by atoms with Gasteiger partial charge >= 0.3 is 0 Å². The standard InChI is InChI=1S/C43H25N3O2/c1-3-11-26(12-4-1)41-44-42(27-13-5-2-6-14-27)46-43(45-41)34-19-10-20-36-39(34)33-22-21-30(25-37(33)47-36)31-17-9-18-32-35-23-28-15-7-8-16-29(28)24-38(35)48-40(31)32/h1-25H. The minimum atomic E-state index is 0.597. The normalized spacial score (nSPS) is 11.8. The van der Waals surface area contributed by atoms with Crippen molar-refractivity contribution in [3.8, 4) is 45.3 Å². The highest BCUT2D eigenvalue weighted by Crippen LogP contribution is 2.41. The molecule has 0 aliphatic carbocycles. The lowest BCUT2D eigenvalue weighted by Gasteiger charge is -2.09. The van der Waals surface area contributed by atoms with Gasteiger partial charge in [0.1, 0.15) is 22.3 Å². The van der Waals surface area contributed by atoms with Gasteiger partial charge in [-0.15, -0.1) is 0 Å². The van der Waals surface area contributed by atoms with Gasteiger partial charge in [0, 0.05) is 43.8 Å². The van der Waals surface area contributed by atoms with E-state index in [0.29, 0.717) is 17.5 Å². The molecule has 0 fully saturated rings. The van der Waals surface area contributed by atoms with Gasteiger partial charge in [-0.1, -0.05) is 121 Å². The summed E-state index contributed by atoms with van der Waals surface area (Å²) in [5.74, 6) is 1.84. The molecule has 0 radical (unpaired) electrons. The Bertz CT molecular complexity index is 2780. The van der Waals surface area contributed by atoms with E-state index in [1.54, 1.807) is 0 Å². The predicted octanol–water partition coefficient (Wildman–Crippen LogP) is 11.5. The van der Waals surface area contributed by atoms with E-state index in [9.17, 15) is 0 Å². The summed E-state index contributed by atoms with van der Waals surface area (Å²) >= 11 is 0. The van der Waals surface area contributed by atoms with Crippen LogP contribution in [-0.4, -0.2) is 15.0 Å². The first kappa shape index (κ1) is 26.6. The van der Waals surface area contributed by atoms with Gasteiger partial charge in [0.25, 0.3) is 0 Å². The largest absolute Gasteiger partial charge is 0.456 e. The number of hydrogen-bond acceptors (Lipinski definition) is 5. The van der Waals surface area contributed by atoms with Gasteiger partial charge in [0.2, 0.25) is 0 Å². The fraction of sp³-hybridized carbons (Fsp3) is 0. The second kappa shape index (κ2) is 10.5. The van der Waals surface area contributed by atoms with Crippen molar-refractivity contribution in [3.05, 3.63) is 152 Å². The first-order chi connectivity index (χ1) is 23.8. The average molecular weight is 616 g/mol. The predicted molar refractivity (Wildman–Crippen MR) is 194 cm³/mol. The summed E-state index contributed by atoms with van der Waals surface area (Å²) in [6.07, 6.45) is 0. The molecule has 48 heavy (non-hydrogen) atoms. The van der Waals surface area contributed by atoms with Crippen LogP contribution in [0.3, 0.4) is 0 Å². The molecule has 0 aliphatic rings. The van der Waals surface area contributed by atoms with Crippen molar-refractivity contribution in [2.45, 2.75) is 0 Å². The molecule has 0 aliphatic heterocycles. The van der Waals surface area contributed by atoms with E-state index in [1.165, 1.54) is 5.39 Å². The quantitative estimate of drug-likeness (QED) is 0.197. The first-order valence-corrected chi connectivity index (χ1v) is 15.9. The Morgan fingerprint density at radius 2 is 0.979 bits per heavy atom. The van der Waals surface area contributed by atoms with Crippen LogP contribution < -0.4 is 0 Å². The molecule has 7 aromatic carbocycles. The molecule has 0 saturated heterocycles. The summed E-state index contributed by atoms with van der Waals surface area (Å²) in [4.78, 5) is 14.9. The number of furan rings is 2. The molecule has 3 heterocycles. The van der Waals surface area contributed by atoms with Crippen LogP contribution in [0.1, 0.15) is 0 Å². The molecule has 5 nitrogen and oxygen atoms in total. The summed E-state index contributed by atoms with van der Waals surface area (Å²) in [6.45, 7) is 0. The molecular formula is C43H25N3O2. The Labute approximate surface area is 274 Å². The van der Waals surface area contributed by atoms with Crippen molar-refractivity contribution in [1.29, 1.82) is 0 Å². The van der Waals surface area contributed by atoms with Crippen molar-refractivity contribution in [2.75, 3.05) is 0 Å². The topological polar surface area (TPSA) is 65.0 Å². The summed E-state index contributed by atoms with van der Waals surface area (Å²) in [5.41, 5.74) is 8.11. The Kier molecular flexibility index (Phi) is 5.81. The first-order valence-electron chi connectivity index (χ1n) is 15.9. The maximum Gasteiger partial charge on any atom is 0.164 e. The molecule has 0 saturated carbocycles. The van der Waals surface area contributed by atoms with Crippen molar-refractivity contribution in [3.63, 3.8) is 0 Å². The van der Waals surface area contributed by atoms with Crippen LogP contribution in [0, 0.1) is 0 Å². The minimum Gasteiger partial charge on any atom is -0.456 e. The van der Waals surface area contributed by atoms with Crippen molar-refractivity contribution in [1.82, 2.24) is 15.0 Å². The lowest BCUT2D eigenvalue weighted by molar-refractivity contribution is 0.668. The zero-order valence-corrected chi connectivity index (χ0v) is 25.6. The Balaban J connectivity index is 1.15. The molecule has 0 atom stereocenters. The molecule has 0 unspecified atom stereocenters. The summed E-state index contributed by atoms with van der Waals surface area (Å²) in [5, 5.41) is 6.53. The molecule has 10 aromatic rings. The third-order valence-electron chi connectivity index (χ3n) is 9.11. The zero-order valence-electron chi connectivity index (χ0n) is 25.6. The third-order valence-corrected chi connectivity index (χ3v) is 9.11. The fourth-order valence-corrected chi connectivity index (χ4v) is 6.82. The lowest BCUT2D eigenvalue weighted by Crippen LogP contribution is -2.00. The molecule has 0 spiro atoms. The van der Waals surface area contributed by atoms with E-state index >= 15 is 0 Å². The second-order valence-electron chi connectivity index (χ2n) is 12.0. The number of fused-ring (bicyclic) bond motifs is 7. The SMILES string of the molecule is c1ccc(-c2nc(-c3ccccc3)nc(-c3cccc4oc5cc(-c6cccc7c6oc6cc8ccccc8cc67)ccc5c34)n2)cc1. The molecule has 0 N–H and O–H groups in total. The highest BCUT2D eigenvalue weighted by molar-refractivity contribution is 6.15. The molecule has 0 bridgehead atoms. The van der Waals surface area contributed by atoms with Crippen LogP contribution in [0.2, 0.25) is 0 Å². The number of benzene rings is 7. The molecule has 5 heteroatoms. The maximum absolute atomic E-state index is 6.54. The van der Waals surface area contributed by atoms with Crippen LogP contribution in [0.5, 0.6) is 0 Å². The minimum absolute atomic E-state index is 0.597. The highest BCUT2D eigenvalue weighted by atomic mass is 16.3. The van der Waals surface area contributed by atoms with Gasteiger partial charge in [0.05, 0.1) is 0 Å². The molecular weight excluding hydrogens is 590 g/mol. The Morgan fingerprint density at radius 1 is 0.354 bits per heavy atom. The zero-order chi connectivity index (χ0) is 31.6. The van der Waals surface area contributed by atoms with Crippen molar-refractivity contribution >= 4 is 54.6 Å². The number of hydrogen-bond donors (Lipinski definition) is 0. The van der Waals surface area contributed by atoms with Crippen LogP contribution in [0.25, 0.3) is 99.9 Å². The molecule has 0 amide bonds. The van der Waals surface area contributed by atoms with Crippen LogP contribution in [-0.2, 0) is 0 Å². The number of aromatic nitrogens is 3. The van der Waals surface area contributed by atoms with Gasteiger partial charge < -0.3 is 8.83 Å². The maximum atomic E-state index is 6.54. The van der Waals surface area contributed by atoms with E-state index < -0.39 is 0 Å². The fourth-order valence-electron chi connectivity index (χ4n) is 6.82. The monoisotopic (exact) mass is 615 g/mol. The van der Waals surface area contributed by atoms with Gasteiger partial charge in [0.15, 0.2) is 17.5 Å². The van der Waals surface area contributed by atoms with Crippen LogP contribution in [0.15, 0.2) is 160 Å². The number of nitrogens with zero attached hydrogens (tertiary/aromatic N) is 3. The van der Waals surface area contributed by atoms with Gasteiger partial charge in [-0.3, -0.25) is 0 Å². The van der Waals surface area contributed by atoms with E-state index in [2.05, 4.69) is 78.9 Å². The van der Waals surface area contributed by atoms with E-state index in [-0.39, 0.29) is 0 Å². The number of rotatable bonds is 4. The molecule has 10 rings (SSSR count). The smallest absolute Gasteiger partial charge is 0.164 e. The molecule has 224 valence electrons. The number of para-hydroxylation sites is 1. The van der Waals surface area contributed by atoms with E-state index in [1.807, 2.05) is 72.8 Å². The van der Waals surface area contributed by atoms with Gasteiger partial charge in [-0.05, 0) is 46.7 Å². The van der Waals surface area contributed by atoms with E-state index in [4.69, 9.17) is 23.8 Å². The van der Waals surface area contributed by atoms with Gasteiger partial charge in [-0.2, -0.15) is 0 Å². The Hall–Kier alpha value is -6.59. The van der Waals surface area contributed by atoms with Crippen molar-refractivity contribution in [2.24, 2.45) is 0 Å². The van der Waals surface area contributed by atoms with Crippen molar-refractivity contribution < 1.29 is 8.83 Å². The third kappa shape index (κ3) is 4.22. The van der Waals surface area contributed by atoms with Crippen LogP contribution >= 0.6 is 0 Å². The lowest BCUT2D eigenvalue weighted by atomic mass is 9.99. The van der Waals surface area contributed by atoms with Crippen LogP contribution in [0.4, 0.5) is 0 Å². The highest BCUT2D eigenvalue weighted by Gasteiger charge is 2.19. The van der Waals surface area contributed by atoms with E-state index in [0.717, 1.165) is 77.1 Å². The Morgan fingerprint density at radius 3 is 1.73 bits per heavy atom.